The highest BCUT2D eigenvalue weighted by atomic mass is 31.2. The van der Waals surface area contributed by atoms with Crippen LogP contribution in [-0.2, 0) is 13.6 Å². The molecule has 4 heteroatoms. The van der Waals surface area contributed by atoms with Crippen molar-refractivity contribution in [3.63, 3.8) is 0 Å². The second-order valence-corrected chi connectivity index (χ2v) is 7.75. The van der Waals surface area contributed by atoms with E-state index in [0.717, 1.165) is 6.42 Å². The molecule has 0 aliphatic rings. The molecule has 0 aromatic carbocycles. The van der Waals surface area contributed by atoms with Gasteiger partial charge in [-0.05, 0) is 24.7 Å². The Hall–Kier alpha value is 0.150. The third-order valence-electron chi connectivity index (χ3n) is 3.00. The third kappa shape index (κ3) is 7.96. The summed E-state index contributed by atoms with van der Waals surface area (Å²) >= 11 is 0. The molecule has 0 saturated carbocycles. The van der Waals surface area contributed by atoms with Gasteiger partial charge in [0.15, 0.2) is 0 Å². The molecule has 2 atom stereocenters. The van der Waals surface area contributed by atoms with Gasteiger partial charge in [-0.1, -0.05) is 40.5 Å². The van der Waals surface area contributed by atoms with Gasteiger partial charge >= 0.3 is 7.60 Å². The van der Waals surface area contributed by atoms with E-state index < -0.39 is 7.60 Å². The van der Waals surface area contributed by atoms with Crippen molar-refractivity contribution in [2.45, 2.75) is 53.9 Å². The molecule has 104 valence electrons. The van der Waals surface area contributed by atoms with E-state index in [4.69, 9.17) is 9.05 Å². The molecular weight excluding hydrogens is 235 g/mol. The Morgan fingerprint density at radius 3 is 2.18 bits per heavy atom. The van der Waals surface area contributed by atoms with Crippen molar-refractivity contribution in [1.82, 2.24) is 0 Å². The standard InChI is InChI=1S/C13H29O3P/c1-7-9-10-12(13(3,4)5)11-16-17(6,14)15-8-2/h12H,7-11H2,1-6H3. The van der Waals surface area contributed by atoms with Gasteiger partial charge < -0.3 is 9.05 Å². The van der Waals surface area contributed by atoms with Crippen molar-refractivity contribution < 1.29 is 13.6 Å². The summed E-state index contributed by atoms with van der Waals surface area (Å²) in [4.78, 5) is 0. The van der Waals surface area contributed by atoms with Crippen LogP contribution >= 0.6 is 7.60 Å². The SMILES string of the molecule is CCCCC(COP(C)(=O)OCC)C(C)(C)C. The minimum absolute atomic E-state index is 0.182. The topological polar surface area (TPSA) is 35.5 Å². The molecule has 0 aromatic rings. The number of hydrogen-bond donors (Lipinski definition) is 0. The van der Waals surface area contributed by atoms with Crippen LogP contribution in [0, 0.1) is 11.3 Å². The molecule has 0 radical (unpaired) electrons. The zero-order valence-electron chi connectivity index (χ0n) is 12.3. The van der Waals surface area contributed by atoms with Crippen molar-refractivity contribution in [2.24, 2.45) is 11.3 Å². The maximum Gasteiger partial charge on any atom is 0.327 e. The summed E-state index contributed by atoms with van der Waals surface area (Å²) in [5.41, 5.74) is 0.182. The molecule has 0 aliphatic heterocycles. The van der Waals surface area contributed by atoms with Crippen molar-refractivity contribution in [3.8, 4) is 0 Å². The Morgan fingerprint density at radius 2 is 1.76 bits per heavy atom. The Kier molecular flexibility index (Phi) is 7.62. The van der Waals surface area contributed by atoms with Gasteiger partial charge in [0.05, 0.1) is 13.2 Å². The van der Waals surface area contributed by atoms with Crippen molar-refractivity contribution >= 4 is 7.60 Å². The van der Waals surface area contributed by atoms with E-state index in [9.17, 15) is 4.57 Å². The van der Waals surface area contributed by atoms with Crippen LogP contribution < -0.4 is 0 Å². The van der Waals surface area contributed by atoms with Gasteiger partial charge in [-0.2, -0.15) is 0 Å². The van der Waals surface area contributed by atoms with Gasteiger partial charge in [-0.15, -0.1) is 0 Å². The predicted molar refractivity (Wildman–Crippen MR) is 73.6 cm³/mol. The van der Waals surface area contributed by atoms with E-state index in [2.05, 4.69) is 27.7 Å². The monoisotopic (exact) mass is 264 g/mol. The van der Waals surface area contributed by atoms with Crippen LogP contribution in [0.4, 0.5) is 0 Å². The van der Waals surface area contributed by atoms with E-state index >= 15 is 0 Å². The lowest BCUT2D eigenvalue weighted by Crippen LogP contribution is -2.25. The normalized spacial score (nSPS) is 17.8. The molecule has 0 fully saturated rings. The largest absolute Gasteiger partial charge is 0.327 e. The molecule has 3 nitrogen and oxygen atoms in total. The Balaban J connectivity index is 4.30. The van der Waals surface area contributed by atoms with Crippen molar-refractivity contribution in [3.05, 3.63) is 0 Å². The van der Waals surface area contributed by atoms with Crippen LogP contribution in [0.1, 0.15) is 53.9 Å². The van der Waals surface area contributed by atoms with Gasteiger partial charge in [-0.25, -0.2) is 0 Å². The Morgan fingerprint density at radius 1 is 1.18 bits per heavy atom. The summed E-state index contributed by atoms with van der Waals surface area (Å²) in [6.07, 6.45) is 3.49. The molecule has 0 aromatic heterocycles. The summed E-state index contributed by atoms with van der Waals surface area (Å²) in [5.74, 6) is 0.427. The first kappa shape index (κ1) is 17.2. The van der Waals surface area contributed by atoms with E-state index in [-0.39, 0.29) is 5.41 Å². The summed E-state index contributed by atoms with van der Waals surface area (Å²) < 4.78 is 22.5. The van der Waals surface area contributed by atoms with Crippen LogP contribution in [0.2, 0.25) is 0 Å². The first-order valence-electron chi connectivity index (χ1n) is 6.59. The minimum Gasteiger partial charge on any atom is -0.309 e. The van der Waals surface area contributed by atoms with Gasteiger partial charge in [0, 0.05) is 6.66 Å². The van der Waals surface area contributed by atoms with Crippen LogP contribution in [0.25, 0.3) is 0 Å². The predicted octanol–water partition coefficient (Wildman–Crippen LogP) is 4.71. The molecule has 0 rings (SSSR count). The molecule has 17 heavy (non-hydrogen) atoms. The van der Waals surface area contributed by atoms with E-state index in [0.29, 0.717) is 19.1 Å². The van der Waals surface area contributed by atoms with Crippen molar-refractivity contribution in [1.29, 1.82) is 0 Å². The second kappa shape index (κ2) is 7.56. The summed E-state index contributed by atoms with van der Waals surface area (Å²) in [6.45, 7) is 13.1. The Bertz CT molecular complexity index is 246. The summed E-state index contributed by atoms with van der Waals surface area (Å²) in [6, 6.07) is 0. The zero-order chi connectivity index (χ0) is 13.5. The highest BCUT2D eigenvalue weighted by molar-refractivity contribution is 7.52. The quantitative estimate of drug-likeness (QED) is 0.595. The molecule has 0 spiro atoms. The van der Waals surface area contributed by atoms with Crippen LogP contribution in [-0.4, -0.2) is 19.9 Å². The maximum absolute atomic E-state index is 11.9. The molecule has 0 aliphatic carbocycles. The van der Waals surface area contributed by atoms with Gasteiger partial charge in [0.2, 0.25) is 0 Å². The number of unbranched alkanes of at least 4 members (excludes halogenated alkanes) is 1. The van der Waals surface area contributed by atoms with Crippen LogP contribution in [0.3, 0.4) is 0 Å². The Labute approximate surface area is 107 Å². The highest BCUT2D eigenvalue weighted by Crippen LogP contribution is 2.45. The third-order valence-corrected chi connectivity index (χ3v) is 4.35. The van der Waals surface area contributed by atoms with Crippen LogP contribution in [0.5, 0.6) is 0 Å². The lowest BCUT2D eigenvalue weighted by Gasteiger charge is -2.31. The second-order valence-electron chi connectivity index (χ2n) is 5.69. The summed E-state index contributed by atoms with van der Waals surface area (Å²) in [5, 5.41) is 0. The maximum atomic E-state index is 11.9. The smallest absolute Gasteiger partial charge is 0.309 e. The number of hydrogen-bond acceptors (Lipinski definition) is 3. The zero-order valence-corrected chi connectivity index (χ0v) is 13.2. The first-order chi connectivity index (χ1) is 7.73. The number of rotatable bonds is 8. The molecule has 0 saturated heterocycles. The van der Waals surface area contributed by atoms with Crippen molar-refractivity contribution in [2.75, 3.05) is 19.9 Å². The van der Waals surface area contributed by atoms with E-state index in [1.807, 2.05) is 6.92 Å². The highest BCUT2D eigenvalue weighted by Gasteiger charge is 2.27. The lowest BCUT2D eigenvalue weighted by atomic mass is 9.78. The van der Waals surface area contributed by atoms with Gasteiger partial charge in [0.1, 0.15) is 0 Å². The lowest BCUT2D eigenvalue weighted by molar-refractivity contribution is 0.117. The average molecular weight is 264 g/mol. The molecule has 2 unspecified atom stereocenters. The minimum atomic E-state index is -2.85. The fourth-order valence-electron chi connectivity index (χ4n) is 1.71. The van der Waals surface area contributed by atoms with E-state index in [1.54, 1.807) is 6.66 Å². The average Bonchev–Trinajstić information content (AvgIpc) is 2.15. The molecule has 0 N–H and O–H groups in total. The summed E-state index contributed by atoms with van der Waals surface area (Å²) in [7, 11) is -2.85. The first-order valence-corrected chi connectivity index (χ1v) is 8.58. The van der Waals surface area contributed by atoms with Gasteiger partial charge in [0.25, 0.3) is 0 Å². The molecule has 0 bridgehead atoms. The molecule has 0 heterocycles. The fourth-order valence-corrected chi connectivity index (χ4v) is 2.71. The van der Waals surface area contributed by atoms with E-state index in [1.165, 1.54) is 12.8 Å². The molecular formula is C13H29O3P. The fraction of sp³-hybridized carbons (Fsp3) is 1.00. The van der Waals surface area contributed by atoms with Crippen LogP contribution in [0.15, 0.2) is 0 Å². The van der Waals surface area contributed by atoms with Gasteiger partial charge in [-0.3, -0.25) is 4.57 Å². The molecule has 0 amide bonds.